The van der Waals surface area contributed by atoms with Gasteiger partial charge < -0.3 is 10.5 Å². The highest BCUT2D eigenvalue weighted by Gasteiger charge is 2.31. The zero-order valence-corrected chi connectivity index (χ0v) is 12.3. The van der Waals surface area contributed by atoms with Crippen molar-refractivity contribution in [3.8, 4) is 11.5 Å². The predicted molar refractivity (Wildman–Crippen MR) is 78.1 cm³/mol. The summed E-state index contributed by atoms with van der Waals surface area (Å²) in [7, 11) is 0. The van der Waals surface area contributed by atoms with Crippen molar-refractivity contribution in [1.82, 2.24) is 0 Å². The fourth-order valence-electron chi connectivity index (χ4n) is 1.84. The van der Waals surface area contributed by atoms with Crippen molar-refractivity contribution in [2.45, 2.75) is 17.3 Å². The third kappa shape index (κ3) is 3.94. The Morgan fingerprint density at radius 2 is 1.77 bits per heavy atom. The summed E-state index contributed by atoms with van der Waals surface area (Å²) in [5.74, 6) is -0.326. The summed E-state index contributed by atoms with van der Waals surface area (Å²) in [4.78, 5) is 11.4. The summed E-state index contributed by atoms with van der Waals surface area (Å²) < 4.78 is 43.3. The number of hydrogen-bond donors (Lipinski definition) is 1. The third-order valence-electron chi connectivity index (χ3n) is 2.81. The van der Waals surface area contributed by atoms with Crippen LogP contribution >= 0.6 is 11.8 Å². The normalized spacial score (nSPS) is 11.3. The Kier molecular flexibility index (Phi) is 4.65. The van der Waals surface area contributed by atoms with Crippen LogP contribution < -0.4 is 10.5 Å². The Labute approximate surface area is 129 Å². The lowest BCUT2D eigenvalue weighted by Gasteiger charge is -2.16. The van der Waals surface area contributed by atoms with Crippen molar-refractivity contribution < 1.29 is 22.7 Å². The highest BCUT2D eigenvalue weighted by atomic mass is 32.2. The molecule has 7 heteroatoms. The fourth-order valence-corrected chi connectivity index (χ4v) is 2.47. The summed E-state index contributed by atoms with van der Waals surface area (Å²) in [6.07, 6.45) is 0. The van der Waals surface area contributed by atoms with Gasteiger partial charge in [0, 0.05) is 10.5 Å². The van der Waals surface area contributed by atoms with Crippen LogP contribution in [0.3, 0.4) is 0 Å². The highest BCUT2D eigenvalue weighted by Crippen LogP contribution is 2.42. The molecule has 0 aromatic heterocycles. The van der Waals surface area contributed by atoms with E-state index in [4.69, 9.17) is 10.5 Å². The SMILES string of the molecule is Cc1c(SC(F)(F)F)ccc(C(N)=O)c1Oc1ccccc1. The lowest BCUT2D eigenvalue weighted by molar-refractivity contribution is -0.0328. The van der Waals surface area contributed by atoms with Gasteiger partial charge in [-0.3, -0.25) is 4.79 Å². The van der Waals surface area contributed by atoms with Gasteiger partial charge in [-0.2, -0.15) is 13.2 Å². The van der Waals surface area contributed by atoms with Crippen molar-refractivity contribution in [2.24, 2.45) is 5.73 Å². The first-order chi connectivity index (χ1) is 10.3. The van der Waals surface area contributed by atoms with Crippen LogP contribution in [0.1, 0.15) is 15.9 Å². The second kappa shape index (κ2) is 6.31. The molecular formula is C15H12F3NO2S. The Morgan fingerprint density at radius 1 is 1.14 bits per heavy atom. The monoisotopic (exact) mass is 327 g/mol. The van der Waals surface area contributed by atoms with Gasteiger partial charge in [-0.25, -0.2) is 0 Å². The van der Waals surface area contributed by atoms with Gasteiger partial charge in [0.05, 0.1) is 5.56 Å². The third-order valence-corrected chi connectivity index (χ3v) is 3.70. The van der Waals surface area contributed by atoms with Crippen LogP contribution in [0, 0.1) is 6.92 Å². The number of thioether (sulfide) groups is 1. The van der Waals surface area contributed by atoms with E-state index in [0.717, 1.165) is 0 Å². The molecule has 0 saturated carbocycles. The Hall–Kier alpha value is -2.15. The van der Waals surface area contributed by atoms with Gasteiger partial charge in [-0.1, -0.05) is 18.2 Å². The van der Waals surface area contributed by atoms with Crippen molar-refractivity contribution in [2.75, 3.05) is 0 Å². The van der Waals surface area contributed by atoms with Gasteiger partial charge in [0.15, 0.2) is 0 Å². The summed E-state index contributed by atoms with van der Waals surface area (Å²) in [6, 6.07) is 10.9. The molecule has 116 valence electrons. The molecule has 0 atom stereocenters. The fraction of sp³-hybridized carbons (Fsp3) is 0.133. The molecule has 1 amide bonds. The smallest absolute Gasteiger partial charge is 0.446 e. The number of para-hydroxylation sites is 1. The number of rotatable bonds is 4. The predicted octanol–water partition coefficient (Wildman–Crippen LogP) is 4.50. The number of halogens is 3. The molecule has 0 aliphatic carbocycles. The minimum atomic E-state index is -4.43. The minimum absolute atomic E-state index is 0.0351. The van der Waals surface area contributed by atoms with E-state index < -0.39 is 11.4 Å². The molecule has 3 nitrogen and oxygen atoms in total. The molecular weight excluding hydrogens is 315 g/mol. The first-order valence-electron chi connectivity index (χ1n) is 6.20. The van der Waals surface area contributed by atoms with Gasteiger partial charge in [-0.05, 0) is 43.0 Å². The summed E-state index contributed by atoms with van der Waals surface area (Å²) >= 11 is -0.260. The standard InChI is InChI=1S/C15H12F3NO2S/c1-9-12(22-15(16,17)18)8-7-11(14(19)20)13(9)21-10-5-3-2-4-6-10/h2-8H,1H3,(H2,19,20). The second-order valence-electron chi connectivity index (χ2n) is 4.39. The number of carbonyl (C=O) groups excluding carboxylic acids is 1. The number of hydrogen-bond acceptors (Lipinski definition) is 3. The van der Waals surface area contributed by atoms with Crippen LogP contribution in [-0.4, -0.2) is 11.4 Å². The van der Waals surface area contributed by atoms with E-state index >= 15 is 0 Å². The Morgan fingerprint density at radius 3 is 2.32 bits per heavy atom. The van der Waals surface area contributed by atoms with Crippen molar-refractivity contribution in [3.63, 3.8) is 0 Å². The molecule has 0 heterocycles. The second-order valence-corrected chi connectivity index (χ2v) is 5.50. The summed E-state index contributed by atoms with van der Waals surface area (Å²) in [5, 5.41) is 0. The summed E-state index contributed by atoms with van der Waals surface area (Å²) in [5.41, 5.74) is 1.08. The van der Waals surface area contributed by atoms with E-state index in [1.165, 1.54) is 19.1 Å². The van der Waals surface area contributed by atoms with E-state index in [9.17, 15) is 18.0 Å². The maximum Gasteiger partial charge on any atom is 0.446 e. The van der Waals surface area contributed by atoms with Gasteiger partial charge in [0.1, 0.15) is 11.5 Å². The molecule has 0 unspecified atom stereocenters. The first-order valence-corrected chi connectivity index (χ1v) is 7.01. The molecule has 0 aliphatic rings. The average molecular weight is 327 g/mol. The van der Waals surface area contributed by atoms with E-state index in [2.05, 4.69) is 0 Å². The van der Waals surface area contributed by atoms with Gasteiger partial charge in [-0.15, -0.1) is 0 Å². The molecule has 0 spiro atoms. The number of primary amides is 1. The van der Waals surface area contributed by atoms with E-state index in [0.29, 0.717) is 5.75 Å². The van der Waals surface area contributed by atoms with Crippen LogP contribution in [0.15, 0.2) is 47.4 Å². The summed E-state index contributed by atoms with van der Waals surface area (Å²) in [6.45, 7) is 1.46. The molecule has 0 fully saturated rings. The molecule has 0 aliphatic heterocycles. The molecule has 2 aromatic carbocycles. The topological polar surface area (TPSA) is 52.3 Å². The van der Waals surface area contributed by atoms with Crippen molar-refractivity contribution in [3.05, 3.63) is 53.6 Å². The van der Waals surface area contributed by atoms with Crippen LogP contribution in [0.4, 0.5) is 13.2 Å². The maximum absolute atomic E-state index is 12.6. The van der Waals surface area contributed by atoms with Crippen LogP contribution in [0.2, 0.25) is 0 Å². The van der Waals surface area contributed by atoms with Gasteiger partial charge in [0.2, 0.25) is 0 Å². The highest BCUT2D eigenvalue weighted by molar-refractivity contribution is 8.00. The average Bonchev–Trinajstić information content (AvgIpc) is 2.43. The maximum atomic E-state index is 12.6. The number of alkyl halides is 3. The quantitative estimate of drug-likeness (QED) is 0.841. The molecule has 0 bridgehead atoms. The van der Waals surface area contributed by atoms with Crippen LogP contribution in [0.25, 0.3) is 0 Å². The lowest BCUT2D eigenvalue weighted by atomic mass is 10.1. The zero-order valence-electron chi connectivity index (χ0n) is 11.5. The number of ether oxygens (including phenoxy) is 1. The molecule has 0 radical (unpaired) electrons. The molecule has 2 aromatic rings. The zero-order chi connectivity index (χ0) is 16.3. The molecule has 2 N–H and O–H groups in total. The van der Waals surface area contributed by atoms with E-state index in [1.54, 1.807) is 30.3 Å². The Bertz CT molecular complexity index is 687. The molecule has 2 rings (SSSR count). The Balaban J connectivity index is 2.48. The van der Waals surface area contributed by atoms with E-state index in [1.807, 2.05) is 0 Å². The molecule has 0 saturated heterocycles. The first kappa shape index (κ1) is 16.2. The number of benzene rings is 2. The number of amides is 1. The lowest BCUT2D eigenvalue weighted by Crippen LogP contribution is -2.13. The van der Waals surface area contributed by atoms with Crippen molar-refractivity contribution >= 4 is 17.7 Å². The minimum Gasteiger partial charge on any atom is -0.456 e. The number of carbonyl (C=O) groups is 1. The largest absolute Gasteiger partial charge is 0.456 e. The van der Waals surface area contributed by atoms with E-state index in [-0.39, 0.29) is 33.5 Å². The van der Waals surface area contributed by atoms with Crippen molar-refractivity contribution in [1.29, 1.82) is 0 Å². The number of nitrogens with two attached hydrogens (primary N) is 1. The van der Waals surface area contributed by atoms with Crippen LogP contribution in [-0.2, 0) is 0 Å². The van der Waals surface area contributed by atoms with Gasteiger partial charge >= 0.3 is 5.51 Å². The van der Waals surface area contributed by atoms with Crippen LogP contribution in [0.5, 0.6) is 11.5 Å². The van der Waals surface area contributed by atoms with Gasteiger partial charge in [0.25, 0.3) is 5.91 Å². The molecule has 22 heavy (non-hydrogen) atoms.